The van der Waals surface area contributed by atoms with E-state index in [0.717, 1.165) is 35.9 Å². The molecule has 0 aliphatic heterocycles. The van der Waals surface area contributed by atoms with Gasteiger partial charge in [-0.3, -0.25) is 0 Å². The second kappa shape index (κ2) is 4.66. The molecular weight excluding hydrogens is 200 g/mol. The van der Waals surface area contributed by atoms with Crippen LogP contribution in [0.5, 0.6) is 0 Å². The summed E-state index contributed by atoms with van der Waals surface area (Å²) in [7, 11) is 0. The third-order valence-corrected chi connectivity index (χ3v) is 2.81. The Balaban J connectivity index is 2.29. The number of aromatic nitrogens is 1. The summed E-state index contributed by atoms with van der Waals surface area (Å²) in [6.45, 7) is 4.18. The molecule has 0 spiro atoms. The lowest BCUT2D eigenvalue weighted by molar-refractivity contribution is 0.449. The first kappa shape index (κ1) is 11.1. The summed E-state index contributed by atoms with van der Waals surface area (Å²) in [6.07, 6.45) is 3.19. The second-order valence-electron chi connectivity index (χ2n) is 4.22. The molecule has 1 aromatic carbocycles. The molecule has 0 bridgehead atoms. The van der Waals surface area contributed by atoms with Crippen molar-refractivity contribution in [3.05, 3.63) is 29.7 Å². The van der Waals surface area contributed by atoms with Gasteiger partial charge < -0.3 is 10.2 Å². The molecule has 16 heavy (non-hydrogen) atoms. The summed E-state index contributed by atoms with van der Waals surface area (Å²) in [6, 6.07) is 5.89. The van der Waals surface area contributed by atoms with Crippen molar-refractivity contribution in [1.29, 1.82) is 0 Å². The molecule has 3 nitrogen and oxygen atoms in total. The molecule has 86 valence electrons. The summed E-state index contributed by atoms with van der Waals surface area (Å²) < 4.78 is 5.72. The molecule has 0 saturated carbocycles. The average Bonchev–Trinajstić information content (AvgIpc) is 2.71. The van der Waals surface area contributed by atoms with Crippen molar-refractivity contribution in [3.63, 3.8) is 0 Å². The van der Waals surface area contributed by atoms with Crippen molar-refractivity contribution >= 4 is 11.1 Å². The number of hydrogen-bond acceptors (Lipinski definition) is 3. The number of para-hydroxylation sites is 1. The summed E-state index contributed by atoms with van der Waals surface area (Å²) >= 11 is 0. The van der Waals surface area contributed by atoms with Crippen LogP contribution in [0.3, 0.4) is 0 Å². The normalized spacial score (nSPS) is 13.2. The third kappa shape index (κ3) is 2.09. The lowest BCUT2D eigenvalue weighted by Crippen LogP contribution is -2.10. The molecule has 1 heterocycles. The van der Waals surface area contributed by atoms with Gasteiger partial charge in [0.05, 0.1) is 6.04 Å². The monoisotopic (exact) mass is 218 g/mol. The van der Waals surface area contributed by atoms with E-state index in [1.165, 1.54) is 0 Å². The Morgan fingerprint density at radius 2 is 2.25 bits per heavy atom. The molecule has 0 radical (unpaired) electrons. The lowest BCUT2D eigenvalue weighted by Gasteiger charge is -2.04. The van der Waals surface area contributed by atoms with E-state index in [1.807, 2.05) is 25.1 Å². The standard InChI is InChI=1S/C13H18N2O/c1-3-4-7-10(14)13-15-11-8-5-6-9(2)12(11)16-13/h5-6,8,10H,3-4,7,14H2,1-2H3. The van der Waals surface area contributed by atoms with E-state index in [2.05, 4.69) is 11.9 Å². The maximum Gasteiger partial charge on any atom is 0.212 e. The van der Waals surface area contributed by atoms with Gasteiger partial charge in [0.15, 0.2) is 5.58 Å². The van der Waals surface area contributed by atoms with Crippen molar-refractivity contribution < 1.29 is 4.42 Å². The molecule has 2 aromatic rings. The zero-order valence-electron chi connectivity index (χ0n) is 9.86. The third-order valence-electron chi connectivity index (χ3n) is 2.81. The fraction of sp³-hybridized carbons (Fsp3) is 0.462. The van der Waals surface area contributed by atoms with Crippen LogP contribution in [0, 0.1) is 6.92 Å². The minimum atomic E-state index is -0.0771. The zero-order valence-corrected chi connectivity index (χ0v) is 9.86. The summed E-state index contributed by atoms with van der Waals surface area (Å²) in [5.74, 6) is 0.665. The molecule has 0 aliphatic carbocycles. The van der Waals surface area contributed by atoms with Gasteiger partial charge >= 0.3 is 0 Å². The molecule has 0 fully saturated rings. The highest BCUT2D eigenvalue weighted by Gasteiger charge is 2.14. The molecule has 2 rings (SSSR count). The Kier molecular flexibility index (Phi) is 3.25. The van der Waals surface area contributed by atoms with Crippen molar-refractivity contribution in [2.45, 2.75) is 39.2 Å². The minimum absolute atomic E-state index is 0.0771. The Morgan fingerprint density at radius 3 is 2.94 bits per heavy atom. The van der Waals surface area contributed by atoms with Gasteiger partial charge in [0.1, 0.15) is 5.52 Å². The van der Waals surface area contributed by atoms with Gasteiger partial charge in [0.2, 0.25) is 5.89 Å². The van der Waals surface area contributed by atoms with Gasteiger partial charge in [-0.2, -0.15) is 0 Å². The maximum absolute atomic E-state index is 6.04. The van der Waals surface area contributed by atoms with Crippen molar-refractivity contribution in [3.8, 4) is 0 Å². The molecule has 1 unspecified atom stereocenters. The van der Waals surface area contributed by atoms with Crippen LogP contribution >= 0.6 is 0 Å². The van der Waals surface area contributed by atoms with Crippen LogP contribution in [-0.4, -0.2) is 4.98 Å². The predicted octanol–water partition coefficient (Wildman–Crippen LogP) is 3.33. The van der Waals surface area contributed by atoms with Crippen LogP contribution in [0.2, 0.25) is 0 Å². The summed E-state index contributed by atoms with van der Waals surface area (Å²) in [5.41, 5.74) is 8.92. The van der Waals surface area contributed by atoms with E-state index in [4.69, 9.17) is 10.2 Å². The Morgan fingerprint density at radius 1 is 1.44 bits per heavy atom. The molecule has 1 atom stereocenters. The second-order valence-corrected chi connectivity index (χ2v) is 4.22. The van der Waals surface area contributed by atoms with Gasteiger partial charge in [-0.25, -0.2) is 4.98 Å². The van der Waals surface area contributed by atoms with Crippen LogP contribution in [-0.2, 0) is 0 Å². The number of benzene rings is 1. The van der Waals surface area contributed by atoms with Gasteiger partial charge in [0.25, 0.3) is 0 Å². The first-order valence-electron chi connectivity index (χ1n) is 5.84. The SMILES string of the molecule is CCCCC(N)c1nc2cccc(C)c2o1. The fourth-order valence-electron chi connectivity index (χ4n) is 1.81. The number of rotatable bonds is 4. The number of hydrogen-bond donors (Lipinski definition) is 1. The van der Waals surface area contributed by atoms with Gasteiger partial charge in [-0.1, -0.05) is 31.9 Å². The number of fused-ring (bicyclic) bond motifs is 1. The number of nitrogens with zero attached hydrogens (tertiary/aromatic N) is 1. The maximum atomic E-state index is 6.04. The largest absolute Gasteiger partial charge is 0.439 e. The highest BCUT2D eigenvalue weighted by Crippen LogP contribution is 2.24. The molecule has 1 aromatic heterocycles. The Labute approximate surface area is 95.7 Å². The van der Waals surface area contributed by atoms with Gasteiger partial charge in [-0.05, 0) is 25.0 Å². The van der Waals surface area contributed by atoms with Crippen LogP contribution in [0.15, 0.2) is 22.6 Å². The molecule has 0 amide bonds. The predicted molar refractivity (Wildman–Crippen MR) is 65.2 cm³/mol. The summed E-state index contributed by atoms with van der Waals surface area (Å²) in [5, 5.41) is 0. The molecule has 3 heteroatoms. The smallest absolute Gasteiger partial charge is 0.212 e. The number of oxazole rings is 1. The van der Waals surface area contributed by atoms with Crippen LogP contribution in [0.4, 0.5) is 0 Å². The van der Waals surface area contributed by atoms with Crippen molar-refractivity contribution in [1.82, 2.24) is 4.98 Å². The first-order chi connectivity index (χ1) is 7.72. The van der Waals surface area contributed by atoms with E-state index in [1.54, 1.807) is 0 Å². The molecule has 2 N–H and O–H groups in total. The number of nitrogens with two attached hydrogens (primary N) is 1. The van der Waals surface area contributed by atoms with E-state index < -0.39 is 0 Å². The van der Waals surface area contributed by atoms with Crippen LogP contribution in [0.1, 0.15) is 43.7 Å². The molecular formula is C13H18N2O. The number of unbranched alkanes of at least 4 members (excludes halogenated alkanes) is 1. The van der Waals surface area contributed by atoms with Gasteiger partial charge in [-0.15, -0.1) is 0 Å². The first-order valence-corrected chi connectivity index (χ1v) is 5.84. The highest BCUT2D eigenvalue weighted by molar-refractivity contribution is 5.76. The summed E-state index contributed by atoms with van der Waals surface area (Å²) in [4.78, 5) is 4.43. The van der Waals surface area contributed by atoms with Crippen molar-refractivity contribution in [2.75, 3.05) is 0 Å². The van der Waals surface area contributed by atoms with Crippen molar-refractivity contribution in [2.24, 2.45) is 5.73 Å². The van der Waals surface area contributed by atoms with Crippen LogP contribution in [0.25, 0.3) is 11.1 Å². The highest BCUT2D eigenvalue weighted by atomic mass is 16.3. The van der Waals surface area contributed by atoms with E-state index in [-0.39, 0.29) is 6.04 Å². The number of aryl methyl sites for hydroxylation is 1. The average molecular weight is 218 g/mol. The van der Waals surface area contributed by atoms with E-state index in [9.17, 15) is 0 Å². The zero-order chi connectivity index (χ0) is 11.5. The van der Waals surface area contributed by atoms with E-state index >= 15 is 0 Å². The van der Waals surface area contributed by atoms with Gasteiger partial charge in [0, 0.05) is 0 Å². The lowest BCUT2D eigenvalue weighted by atomic mass is 10.1. The fourth-order valence-corrected chi connectivity index (χ4v) is 1.81. The minimum Gasteiger partial charge on any atom is -0.439 e. The molecule has 0 saturated heterocycles. The Hall–Kier alpha value is -1.35. The quantitative estimate of drug-likeness (QED) is 0.856. The topological polar surface area (TPSA) is 52.0 Å². The van der Waals surface area contributed by atoms with E-state index in [0.29, 0.717) is 5.89 Å². The Bertz CT molecular complexity index is 476. The van der Waals surface area contributed by atoms with Crippen LogP contribution < -0.4 is 5.73 Å². The molecule has 0 aliphatic rings.